The van der Waals surface area contributed by atoms with Crippen LogP contribution in [0, 0.1) is 0 Å². The lowest BCUT2D eigenvalue weighted by Crippen LogP contribution is -2.48. The van der Waals surface area contributed by atoms with Crippen LogP contribution in [-0.2, 0) is 33.1 Å². The van der Waals surface area contributed by atoms with Crippen molar-refractivity contribution >= 4 is 20.0 Å². The second kappa shape index (κ2) is 14.6. The van der Waals surface area contributed by atoms with E-state index in [-0.39, 0.29) is 23.6 Å². The molecular formula is C28H44N4O6S2. The van der Waals surface area contributed by atoms with Crippen LogP contribution in [0.25, 0.3) is 0 Å². The Hall–Kier alpha value is -2.22. The number of nitrogens with zero attached hydrogens (tertiary/aromatic N) is 3. The van der Waals surface area contributed by atoms with Gasteiger partial charge in [0.25, 0.3) is 0 Å². The number of hydrogen-bond donors (Lipinski definition) is 1. The summed E-state index contributed by atoms with van der Waals surface area (Å²) in [6, 6.07) is 15.2. The van der Waals surface area contributed by atoms with Gasteiger partial charge in [-0.05, 0) is 88.3 Å². The number of likely N-dealkylation sites (tertiary alicyclic amines) is 2. The molecule has 2 aromatic rings. The van der Waals surface area contributed by atoms with Crippen molar-refractivity contribution in [3.8, 4) is 11.5 Å². The van der Waals surface area contributed by atoms with Gasteiger partial charge in [-0.3, -0.25) is 9.80 Å². The minimum absolute atomic E-state index is 0.0167. The van der Waals surface area contributed by atoms with Crippen molar-refractivity contribution in [1.29, 1.82) is 0 Å². The lowest BCUT2D eigenvalue weighted by molar-refractivity contribution is 0.139. The number of primary sulfonamides is 1. The van der Waals surface area contributed by atoms with Gasteiger partial charge in [0, 0.05) is 25.2 Å². The van der Waals surface area contributed by atoms with Gasteiger partial charge in [-0.25, -0.2) is 22.0 Å². The fourth-order valence-corrected chi connectivity index (χ4v) is 7.25. The summed E-state index contributed by atoms with van der Waals surface area (Å²) < 4.78 is 59.8. The molecular weight excluding hydrogens is 552 g/mol. The van der Waals surface area contributed by atoms with Crippen LogP contribution >= 0.6 is 0 Å². The van der Waals surface area contributed by atoms with Crippen LogP contribution in [0.15, 0.2) is 48.5 Å². The highest BCUT2D eigenvalue weighted by atomic mass is 32.2. The third kappa shape index (κ3) is 10.0. The Balaban J connectivity index is 0.000000336. The smallest absolute Gasteiger partial charge is 0.216 e. The molecule has 0 radical (unpaired) electrons. The van der Waals surface area contributed by atoms with Crippen LogP contribution in [0.4, 0.5) is 0 Å². The van der Waals surface area contributed by atoms with Crippen LogP contribution in [0.2, 0.25) is 0 Å². The maximum atomic E-state index is 13.3. The highest BCUT2D eigenvalue weighted by molar-refractivity contribution is 7.89. The topological polar surface area (TPSA) is 122 Å². The minimum atomic E-state index is -3.44. The van der Waals surface area contributed by atoms with Crippen molar-refractivity contribution in [2.24, 2.45) is 5.14 Å². The Morgan fingerprint density at radius 3 is 1.40 bits per heavy atom. The second-order valence-corrected chi connectivity index (χ2v) is 14.2. The van der Waals surface area contributed by atoms with E-state index in [0.29, 0.717) is 13.1 Å². The third-order valence-corrected chi connectivity index (χ3v) is 10.3. The summed E-state index contributed by atoms with van der Waals surface area (Å²) in [5.74, 6) is 1.71. The highest BCUT2D eigenvalue weighted by Gasteiger charge is 2.30. The van der Waals surface area contributed by atoms with Crippen molar-refractivity contribution in [3.63, 3.8) is 0 Å². The van der Waals surface area contributed by atoms with Gasteiger partial charge in [0.15, 0.2) is 0 Å². The Bertz CT molecular complexity index is 1210. The summed E-state index contributed by atoms with van der Waals surface area (Å²) in [6.07, 6.45) is 2.32. The molecule has 2 aliphatic rings. The van der Waals surface area contributed by atoms with Gasteiger partial charge < -0.3 is 9.47 Å². The Morgan fingerprint density at radius 1 is 0.725 bits per heavy atom. The van der Waals surface area contributed by atoms with Gasteiger partial charge in [0.05, 0.1) is 25.7 Å². The molecule has 2 heterocycles. The van der Waals surface area contributed by atoms with Gasteiger partial charge >= 0.3 is 0 Å². The fourth-order valence-electron chi connectivity index (χ4n) is 4.64. The van der Waals surface area contributed by atoms with Gasteiger partial charge in [0.1, 0.15) is 11.5 Å². The first-order chi connectivity index (χ1) is 18.9. The molecule has 4 rings (SSSR count). The summed E-state index contributed by atoms with van der Waals surface area (Å²) in [7, 11) is -3.49. The lowest BCUT2D eigenvalue weighted by Gasteiger charge is -2.37. The summed E-state index contributed by atoms with van der Waals surface area (Å²) in [5, 5.41) is 4.90. The number of ether oxygens (including phenoxy) is 2. The predicted molar refractivity (Wildman–Crippen MR) is 158 cm³/mol. The zero-order valence-corrected chi connectivity index (χ0v) is 25.7. The first-order valence-electron chi connectivity index (χ1n) is 13.6. The molecule has 224 valence electrons. The molecule has 0 bridgehead atoms. The number of sulfonamides is 2. The van der Waals surface area contributed by atoms with Crippen molar-refractivity contribution in [1.82, 2.24) is 14.1 Å². The van der Waals surface area contributed by atoms with Crippen LogP contribution in [0.1, 0.15) is 37.8 Å². The van der Waals surface area contributed by atoms with E-state index in [1.165, 1.54) is 6.42 Å². The molecule has 2 atom stereocenters. The van der Waals surface area contributed by atoms with Crippen molar-refractivity contribution in [2.75, 3.05) is 51.9 Å². The zero-order chi connectivity index (χ0) is 29.3. The number of rotatable bonds is 13. The van der Waals surface area contributed by atoms with E-state index in [2.05, 4.69) is 9.80 Å². The van der Waals surface area contributed by atoms with Gasteiger partial charge in [-0.2, -0.15) is 4.31 Å². The average molecular weight is 597 g/mol. The number of nitrogens with two attached hydrogens (primary N) is 1. The molecule has 2 fully saturated rings. The molecule has 40 heavy (non-hydrogen) atoms. The first-order valence-corrected chi connectivity index (χ1v) is 16.9. The molecule has 12 heteroatoms. The minimum Gasteiger partial charge on any atom is -0.497 e. The SMILES string of the molecule is CC(CS(N)(=O)=O)N1CCC1.COc1ccc(CN(Cc2ccc(OC)cc2)S(=O)(=O)CC(C)N2CCC2)cc1. The van der Waals surface area contributed by atoms with E-state index in [1.807, 2.05) is 62.4 Å². The third-order valence-electron chi connectivity index (χ3n) is 7.38. The monoisotopic (exact) mass is 596 g/mol. The average Bonchev–Trinajstić information content (AvgIpc) is 2.81. The number of methoxy groups -OCH3 is 2. The quantitative estimate of drug-likeness (QED) is 0.374. The van der Waals surface area contributed by atoms with Crippen LogP contribution < -0.4 is 14.6 Å². The molecule has 2 unspecified atom stereocenters. The lowest BCUT2D eigenvalue weighted by atomic mass is 10.2. The summed E-state index contributed by atoms with van der Waals surface area (Å²) in [6.45, 7) is 8.52. The Labute approximate surface area is 240 Å². The van der Waals surface area contributed by atoms with Crippen molar-refractivity contribution < 1.29 is 26.3 Å². The van der Waals surface area contributed by atoms with Gasteiger partial charge in [-0.1, -0.05) is 24.3 Å². The van der Waals surface area contributed by atoms with Crippen LogP contribution in [0.3, 0.4) is 0 Å². The van der Waals surface area contributed by atoms with Crippen LogP contribution in [-0.4, -0.2) is 94.9 Å². The van der Waals surface area contributed by atoms with E-state index >= 15 is 0 Å². The van der Waals surface area contributed by atoms with Gasteiger partial charge in [0.2, 0.25) is 20.0 Å². The van der Waals surface area contributed by atoms with E-state index < -0.39 is 20.0 Å². The molecule has 2 N–H and O–H groups in total. The fraction of sp³-hybridized carbons (Fsp3) is 0.571. The summed E-state index contributed by atoms with van der Waals surface area (Å²) in [5.41, 5.74) is 1.86. The number of hydrogen-bond acceptors (Lipinski definition) is 8. The Morgan fingerprint density at radius 2 is 1.10 bits per heavy atom. The van der Waals surface area contributed by atoms with Gasteiger partial charge in [-0.15, -0.1) is 0 Å². The normalized spacial score (nSPS) is 17.6. The molecule has 0 amide bonds. The zero-order valence-electron chi connectivity index (χ0n) is 24.0. The number of benzene rings is 2. The van der Waals surface area contributed by atoms with Crippen LogP contribution in [0.5, 0.6) is 11.5 Å². The molecule has 0 aliphatic carbocycles. The molecule has 10 nitrogen and oxygen atoms in total. The predicted octanol–water partition coefficient (Wildman–Crippen LogP) is 2.50. The van der Waals surface area contributed by atoms with E-state index in [0.717, 1.165) is 55.2 Å². The van der Waals surface area contributed by atoms with Crippen molar-refractivity contribution in [3.05, 3.63) is 59.7 Å². The van der Waals surface area contributed by atoms with E-state index in [9.17, 15) is 16.8 Å². The maximum absolute atomic E-state index is 13.3. The van der Waals surface area contributed by atoms with Crippen molar-refractivity contribution in [2.45, 2.75) is 51.9 Å². The summed E-state index contributed by atoms with van der Waals surface area (Å²) in [4.78, 5) is 4.33. The second-order valence-electron chi connectivity index (χ2n) is 10.5. The van der Waals surface area contributed by atoms with E-state index in [1.54, 1.807) is 18.5 Å². The maximum Gasteiger partial charge on any atom is 0.216 e. The molecule has 0 spiro atoms. The first kappa shape index (κ1) is 32.3. The van der Waals surface area contributed by atoms with E-state index in [4.69, 9.17) is 14.6 Å². The largest absolute Gasteiger partial charge is 0.497 e. The molecule has 2 saturated heterocycles. The Kier molecular flexibility index (Phi) is 11.8. The standard InChI is InChI=1S/C22H30N2O4S.C6H14N2O2S/c1-18(23-13-4-14-23)17-29(25,26)24(15-19-5-9-21(27-2)10-6-19)16-20-7-11-22(28-3)12-8-20;1-6(5-11(7,9)10)8-3-2-4-8/h5-12,18H,4,13-17H2,1-3H3;6H,2-5H2,1H3,(H2,7,9,10). The molecule has 0 aromatic heterocycles. The molecule has 2 aliphatic heterocycles. The molecule has 0 saturated carbocycles. The molecule has 2 aromatic carbocycles. The highest BCUT2D eigenvalue weighted by Crippen LogP contribution is 2.21. The summed E-state index contributed by atoms with van der Waals surface area (Å²) >= 11 is 0.